The van der Waals surface area contributed by atoms with Crippen LogP contribution in [0.1, 0.15) is 25.6 Å². The van der Waals surface area contributed by atoms with Gasteiger partial charge in [0.25, 0.3) is 11.8 Å². The summed E-state index contributed by atoms with van der Waals surface area (Å²) >= 11 is 13.3. The molecule has 0 radical (unpaired) electrons. The highest BCUT2D eigenvalue weighted by Crippen LogP contribution is 2.32. The summed E-state index contributed by atoms with van der Waals surface area (Å²) in [5.41, 5.74) is 3.03. The number of nitrogens with zero attached hydrogens (tertiary/aromatic N) is 1. The van der Waals surface area contributed by atoms with Crippen molar-refractivity contribution in [2.75, 3.05) is 16.8 Å². The molecule has 0 bridgehead atoms. The zero-order valence-electron chi connectivity index (χ0n) is 14.0. The predicted molar refractivity (Wildman–Crippen MR) is 111 cm³/mol. The quantitative estimate of drug-likeness (QED) is 0.611. The molecule has 2 aromatic carbocycles. The Bertz CT molecular complexity index is 1030. The highest BCUT2D eigenvalue weighted by molar-refractivity contribution is 7.12. The molecule has 3 aromatic rings. The first-order chi connectivity index (χ1) is 13.0. The zero-order valence-corrected chi connectivity index (χ0v) is 16.4. The number of hydrogen-bond acceptors (Lipinski definition) is 3. The number of thiophene rings is 1. The van der Waals surface area contributed by atoms with Crippen molar-refractivity contribution >= 4 is 57.7 Å². The van der Waals surface area contributed by atoms with Gasteiger partial charge in [-0.1, -0.05) is 29.3 Å². The first-order valence-corrected chi connectivity index (χ1v) is 9.91. The lowest BCUT2D eigenvalue weighted by molar-refractivity contribution is 0.0991. The fourth-order valence-corrected chi connectivity index (χ4v) is 4.03. The topological polar surface area (TPSA) is 49.4 Å². The van der Waals surface area contributed by atoms with E-state index >= 15 is 0 Å². The van der Waals surface area contributed by atoms with Gasteiger partial charge in [-0.3, -0.25) is 9.59 Å². The summed E-state index contributed by atoms with van der Waals surface area (Å²) in [6, 6.07) is 14.0. The van der Waals surface area contributed by atoms with Crippen LogP contribution in [0.15, 0.2) is 53.9 Å². The molecule has 0 atom stereocenters. The molecule has 1 N–H and O–H groups in total. The van der Waals surface area contributed by atoms with Gasteiger partial charge >= 0.3 is 0 Å². The molecule has 0 aliphatic carbocycles. The van der Waals surface area contributed by atoms with E-state index in [-0.39, 0.29) is 11.8 Å². The Labute approximate surface area is 170 Å². The van der Waals surface area contributed by atoms with Gasteiger partial charge in [-0.2, -0.15) is 0 Å². The second-order valence-electron chi connectivity index (χ2n) is 6.11. The van der Waals surface area contributed by atoms with Crippen molar-refractivity contribution in [3.8, 4) is 0 Å². The van der Waals surface area contributed by atoms with Gasteiger partial charge in [0.2, 0.25) is 0 Å². The van der Waals surface area contributed by atoms with Crippen LogP contribution in [0.2, 0.25) is 10.0 Å². The molecule has 0 saturated carbocycles. The summed E-state index contributed by atoms with van der Waals surface area (Å²) in [6.45, 7) is 0.635. The van der Waals surface area contributed by atoms with Gasteiger partial charge < -0.3 is 10.2 Å². The van der Waals surface area contributed by atoms with E-state index in [1.54, 1.807) is 23.1 Å². The second-order valence-corrected chi connectivity index (χ2v) is 7.87. The first-order valence-electron chi connectivity index (χ1n) is 8.27. The number of benzene rings is 2. The van der Waals surface area contributed by atoms with E-state index in [1.807, 2.05) is 29.6 Å². The zero-order chi connectivity index (χ0) is 19.0. The van der Waals surface area contributed by atoms with Crippen molar-refractivity contribution in [2.24, 2.45) is 0 Å². The van der Waals surface area contributed by atoms with Crippen LogP contribution < -0.4 is 10.2 Å². The molecule has 1 aliphatic rings. The van der Waals surface area contributed by atoms with Crippen molar-refractivity contribution in [1.29, 1.82) is 0 Å². The molecule has 4 rings (SSSR count). The third-order valence-corrected chi connectivity index (χ3v) is 5.99. The Morgan fingerprint density at radius 1 is 1.04 bits per heavy atom. The molecule has 136 valence electrons. The fourth-order valence-electron chi connectivity index (χ4n) is 3.06. The van der Waals surface area contributed by atoms with Gasteiger partial charge in [-0.25, -0.2) is 0 Å². The van der Waals surface area contributed by atoms with E-state index in [9.17, 15) is 9.59 Å². The third-order valence-electron chi connectivity index (χ3n) is 4.39. The standard InChI is InChI=1S/C20H14Cl2N2O2S/c21-15-5-3-13(11-16(15)22)19(25)23-14-4-6-17-12(10-14)7-8-24(17)20(26)18-2-1-9-27-18/h1-6,9-11H,7-8H2,(H,23,25). The van der Waals surface area contributed by atoms with Crippen LogP contribution in [0.25, 0.3) is 0 Å². The van der Waals surface area contributed by atoms with Crippen molar-refractivity contribution in [1.82, 2.24) is 0 Å². The summed E-state index contributed by atoms with van der Waals surface area (Å²) in [4.78, 5) is 27.6. The van der Waals surface area contributed by atoms with Gasteiger partial charge in [-0.15, -0.1) is 11.3 Å². The molecule has 4 nitrogen and oxygen atoms in total. The molecule has 0 spiro atoms. The molecule has 0 fully saturated rings. The molecule has 2 heterocycles. The minimum absolute atomic E-state index is 0.0105. The largest absolute Gasteiger partial charge is 0.322 e. The SMILES string of the molecule is O=C(Nc1ccc2c(c1)CCN2C(=O)c1cccs1)c1ccc(Cl)c(Cl)c1. The van der Waals surface area contributed by atoms with E-state index in [0.717, 1.165) is 22.5 Å². The van der Waals surface area contributed by atoms with E-state index in [4.69, 9.17) is 23.2 Å². The van der Waals surface area contributed by atoms with Gasteiger partial charge in [0.1, 0.15) is 0 Å². The normalized spacial score (nSPS) is 12.7. The highest BCUT2D eigenvalue weighted by atomic mass is 35.5. The van der Waals surface area contributed by atoms with E-state index in [1.165, 1.54) is 17.4 Å². The molecular formula is C20H14Cl2N2O2S. The minimum Gasteiger partial charge on any atom is -0.322 e. The van der Waals surface area contributed by atoms with Crippen molar-refractivity contribution < 1.29 is 9.59 Å². The number of nitrogens with one attached hydrogen (secondary N) is 1. The number of carbonyl (C=O) groups excluding carboxylic acids is 2. The van der Waals surface area contributed by atoms with E-state index < -0.39 is 0 Å². The number of anilines is 2. The molecular weight excluding hydrogens is 403 g/mol. The number of carbonyl (C=O) groups is 2. The Hall–Kier alpha value is -2.34. The average molecular weight is 417 g/mol. The molecule has 1 aromatic heterocycles. The lowest BCUT2D eigenvalue weighted by Gasteiger charge is -2.16. The molecule has 0 saturated heterocycles. The predicted octanol–water partition coefficient (Wildman–Crippen LogP) is 5.51. The van der Waals surface area contributed by atoms with Gasteiger partial charge in [0.15, 0.2) is 0 Å². The lowest BCUT2D eigenvalue weighted by Crippen LogP contribution is -2.28. The summed E-state index contributed by atoms with van der Waals surface area (Å²) in [5, 5.41) is 5.50. The summed E-state index contributed by atoms with van der Waals surface area (Å²) in [7, 11) is 0. The van der Waals surface area contributed by atoms with Crippen LogP contribution >= 0.6 is 34.5 Å². The summed E-state index contributed by atoms with van der Waals surface area (Å²) in [5.74, 6) is -0.255. The van der Waals surface area contributed by atoms with Crippen LogP contribution in [0.4, 0.5) is 11.4 Å². The van der Waals surface area contributed by atoms with Crippen LogP contribution in [0.3, 0.4) is 0 Å². The third kappa shape index (κ3) is 3.58. The van der Waals surface area contributed by atoms with Crippen LogP contribution in [-0.4, -0.2) is 18.4 Å². The van der Waals surface area contributed by atoms with Gasteiger partial charge in [-0.05, 0) is 59.8 Å². The van der Waals surface area contributed by atoms with E-state index in [0.29, 0.717) is 27.8 Å². The summed E-state index contributed by atoms with van der Waals surface area (Å²) < 4.78 is 0. The molecule has 0 unspecified atom stereocenters. The Kier molecular flexibility index (Phi) is 4.91. The number of amides is 2. The van der Waals surface area contributed by atoms with Crippen LogP contribution in [0, 0.1) is 0 Å². The summed E-state index contributed by atoms with van der Waals surface area (Å²) in [6.07, 6.45) is 0.753. The maximum atomic E-state index is 12.6. The lowest BCUT2D eigenvalue weighted by atomic mass is 10.1. The maximum absolute atomic E-state index is 12.6. The molecule has 2 amide bonds. The van der Waals surface area contributed by atoms with Crippen molar-refractivity contribution in [3.05, 3.63) is 80.0 Å². The van der Waals surface area contributed by atoms with Gasteiger partial charge in [0.05, 0.1) is 14.9 Å². The van der Waals surface area contributed by atoms with Crippen molar-refractivity contribution in [2.45, 2.75) is 6.42 Å². The monoisotopic (exact) mass is 416 g/mol. The second kappa shape index (κ2) is 7.35. The Morgan fingerprint density at radius 3 is 2.63 bits per heavy atom. The number of rotatable bonds is 3. The molecule has 7 heteroatoms. The smallest absolute Gasteiger partial charge is 0.268 e. The fraction of sp³-hybridized carbons (Fsp3) is 0.100. The number of halogens is 2. The van der Waals surface area contributed by atoms with Crippen molar-refractivity contribution in [3.63, 3.8) is 0 Å². The maximum Gasteiger partial charge on any atom is 0.268 e. The number of fused-ring (bicyclic) bond motifs is 1. The van der Waals surface area contributed by atoms with E-state index in [2.05, 4.69) is 5.32 Å². The van der Waals surface area contributed by atoms with Crippen LogP contribution in [0.5, 0.6) is 0 Å². The molecule has 1 aliphatic heterocycles. The highest BCUT2D eigenvalue weighted by Gasteiger charge is 2.26. The first kappa shape index (κ1) is 18.0. The molecule has 27 heavy (non-hydrogen) atoms. The number of hydrogen-bond donors (Lipinski definition) is 1. The minimum atomic E-state index is -0.266. The average Bonchev–Trinajstić information content (AvgIpc) is 3.33. The van der Waals surface area contributed by atoms with Crippen LogP contribution in [-0.2, 0) is 6.42 Å². The Morgan fingerprint density at radius 2 is 1.89 bits per heavy atom. The van der Waals surface area contributed by atoms with Gasteiger partial charge in [0, 0.05) is 23.5 Å². The Balaban J connectivity index is 1.53.